The molecular weight excluding hydrogens is 368 g/mol. The van der Waals surface area contributed by atoms with Gasteiger partial charge >= 0.3 is 0 Å². The maximum atomic E-state index is 6.70. The van der Waals surface area contributed by atoms with E-state index in [1.807, 2.05) is 30.2 Å². The molecule has 3 fully saturated rings. The number of hydrogen-bond acceptors (Lipinski definition) is 6. The summed E-state index contributed by atoms with van der Waals surface area (Å²) in [6.07, 6.45) is 11.0. The van der Waals surface area contributed by atoms with E-state index in [2.05, 4.69) is 28.1 Å². The highest BCUT2D eigenvalue weighted by Crippen LogP contribution is 2.53. The van der Waals surface area contributed by atoms with Crippen molar-refractivity contribution in [2.45, 2.75) is 67.3 Å². The molecule has 4 atom stereocenters. The van der Waals surface area contributed by atoms with Crippen LogP contribution in [0.4, 0.5) is 5.82 Å². The zero-order valence-electron chi connectivity index (χ0n) is 16.0. The highest BCUT2D eigenvalue weighted by atomic mass is 32.2. The van der Waals surface area contributed by atoms with Crippen LogP contribution in [0.25, 0.3) is 0 Å². The molecule has 1 aromatic heterocycles. The zero-order chi connectivity index (χ0) is 18.7. The first-order chi connectivity index (χ1) is 13.7. The lowest BCUT2D eigenvalue weighted by Gasteiger charge is -2.46. The van der Waals surface area contributed by atoms with E-state index in [1.165, 1.54) is 31.4 Å². The average Bonchev–Trinajstić information content (AvgIpc) is 3.46. The molecule has 0 amide bonds. The molecule has 5 nitrogen and oxygen atoms in total. The summed E-state index contributed by atoms with van der Waals surface area (Å²) < 4.78 is 6.50. The molecule has 146 valence electrons. The smallest absolute Gasteiger partial charge is 0.147 e. The van der Waals surface area contributed by atoms with Crippen molar-refractivity contribution in [2.75, 3.05) is 10.7 Å². The van der Waals surface area contributed by atoms with Gasteiger partial charge in [0.05, 0.1) is 18.4 Å². The van der Waals surface area contributed by atoms with E-state index in [0.29, 0.717) is 12.1 Å². The van der Waals surface area contributed by atoms with Crippen molar-refractivity contribution < 1.29 is 4.74 Å². The summed E-state index contributed by atoms with van der Waals surface area (Å²) in [7, 11) is 0. The lowest BCUT2D eigenvalue weighted by Crippen LogP contribution is -2.56. The Bertz CT molecular complexity index is 870. The highest BCUT2D eigenvalue weighted by Gasteiger charge is 2.56. The van der Waals surface area contributed by atoms with Crippen LogP contribution in [-0.2, 0) is 0 Å². The fourth-order valence-corrected chi connectivity index (χ4v) is 6.35. The predicted molar refractivity (Wildman–Crippen MR) is 111 cm³/mol. The lowest BCUT2D eigenvalue weighted by atomic mass is 9.79. The average molecular weight is 395 g/mol. The van der Waals surface area contributed by atoms with Crippen molar-refractivity contribution >= 4 is 17.6 Å². The number of nitrogens with zero attached hydrogens (tertiary/aromatic N) is 3. The summed E-state index contributed by atoms with van der Waals surface area (Å²) >= 11 is 1.84. The zero-order valence-corrected chi connectivity index (χ0v) is 16.8. The minimum atomic E-state index is -0.264. The largest absolute Gasteiger partial charge is 0.485 e. The van der Waals surface area contributed by atoms with Crippen LogP contribution >= 0.6 is 11.8 Å². The molecule has 1 saturated carbocycles. The number of ether oxygens (including phenoxy) is 1. The maximum Gasteiger partial charge on any atom is 0.147 e. The van der Waals surface area contributed by atoms with E-state index < -0.39 is 0 Å². The Morgan fingerprint density at radius 2 is 1.86 bits per heavy atom. The Morgan fingerprint density at radius 1 is 1.07 bits per heavy atom. The summed E-state index contributed by atoms with van der Waals surface area (Å²) in [5, 5.41) is 1.05. The van der Waals surface area contributed by atoms with E-state index in [0.717, 1.165) is 40.9 Å². The summed E-state index contributed by atoms with van der Waals surface area (Å²) in [4.78, 5) is 12.0. The molecule has 4 heterocycles. The number of nitrogens with two attached hydrogens (primary N) is 1. The number of fused-ring (bicyclic) bond motifs is 3. The van der Waals surface area contributed by atoms with Gasteiger partial charge in [-0.2, -0.15) is 0 Å². The molecule has 28 heavy (non-hydrogen) atoms. The van der Waals surface area contributed by atoms with Crippen LogP contribution in [0.1, 0.15) is 50.1 Å². The second-order valence-corrected chi connectivity index (χ2v) is 9.89. The first kappa shape index (κ1) is 17.1. The summed E-state index contributed by atoms with van der Waals surface area (Å²) in [6, 6.07) is 9.09. The minimum Gasteiger partial charge on any atom is -0.485 e. The number of rotatable bonds is 4. The van der Waals surface area contributed by atoms with Crippen LogP contribution in [0, 0.1) is 5.92 Å². The fraction of sp³-hybridized carbons (Fsp3) is 0.545. The Hall–Kier alpha value is -1.79. The second-order valence-electron chi connectivity index (χ2n) is 8.85. The van der Waals surface area contributed by atoms with Gasteiger partial charge in [-0.3, -0.25) is 0 Å². The van der Waals surface area contributed by atoms with Crippen LogP contribution in [0.15, 0.2) is 41.7 Å². The lowest BCUT2D eigenvalue weighted by molar-refractivity contribution is 0.0272. The maximum absolute atomic E-state index is 6.70. The molecule has 4 aliphatic rings. The molecule has 2 saturated heterocycles. The van der Waals surface area contributed by atoms with Crippen LogP contribution in [-0.4, -0.2) is 33.4 Å². The van der Waals surface area contributed by atoms with Gasteiger partial charge in [-0.05, 0) is 37.7 Å². The Balaban J connectivity index is 1.21. The van der Waals surface area contributed by atoms with Gasteiger partial charge in [0.25, 0.3) is 0 Å². The number of thioether (sulfide) groups is 1. The van der Waals surface area contributed by atoms with Gasteiger partial charge in [-0.15, -0.1) is 11.8 Å². The topological polar surface area (TPSA) is 64.3 Å². The molecule has 6 rings (SSSR count). The monoisotopic (exact) mass is 394 g/mol. The third-order valence-corrected chi connectivity index (χ3v) is 8.10. The van der Waals surface area contributed by atoms with Crippen LogP contribution in [0.2, 0.25) is 0 Å². The molecule has 3 aliphatic heterocycles. The normalized spacial score (nSPS) is 33.2. The third-order valence-electron chi connectivity index (χ3n) is 6.96. The first-order valence-corrected chi connectivity index (χ1v) is 11.5. The van der Waals surface area contributed by atoms with Gasteiger partial charge in [0.2, 0.25) is 0 Å². The molecule has 2 bridgehead atoms. The summed E-state index contributed by atoms with van der Waals surface area (Å²) in [5.74, 6) is 4.07. The quantitative estimate of drug-likeness (QED) is 0.793. The summed E-state index contributed by atoms with van der Waals surface area (Å²) in [6.45, 7) is 0. The first-order valence-electron chi connectivity index (χ1n) is 10.5. The fourth-order valence-electron chi connectivity index (χ4n) is 5.36. The Morgan fingerprint density at radius 3 is 2.54 bits per heavy atom. The van der Waals surface area contributed by atoms with Crippen LogP contribution < -0.4 is 15.4 Å². The summed E-state index contributed by atoms with van der Waals surface area (Å²) in [5.41, 5.74) is 7.60. The predicted octanol–water partition coefficient (Wildman–Crippen LogP) is 3.94. The molecule has 1 spiro atoms. The van der Waals surface area contributed by atoms with Crippen LogP contribution in [0.5, 0.6) is 5.75 Å². The standard InChI is InChI=1S/C22H26N4OS/c23-21-17-3-1-2-4-18(17)27-22(21)9-15-7-8-16(10-22)26(15)19-11-25-20(12-24-19)28-13-14-5-6-14/h1-4,11-12,14-16,21H,5-10,13,23H2/t15-,16+,21-,22-/m1/s1. The molecule has 0 radical (unpaired) electrons. The minimum absolute atomic E-state index is 0.0405. The molecule has 2 aromatic rings. The number of anilines is 1. The van der Waals surface area contributed by atoms with Crippen molar-refractivity contribution in [1.82, 2.24) is 9.97 Å². The SMILES string of the molecule is N[C@@H]1c2ccccc2O[C@@]12C[C@H]1CC[C@@H](C2)N1c1cnc(SCC2CC2)cn1. The van der Waals surface area contributed by atoms with Crippen molar-refractivity contribution in [2.24, 2.45) is 11.7 Å². The van der Waals surface area contributed by atoms with Crippen LogP contribution in [0.3, 0.4) is 0 Å². The van der Waals surface area contributed by atoms with Gasteiger partial charge < -0.3 is 15.4 Å². The van der Waals surface area contributed by atoms with Gasteiger partial charge in [-0.25, -0.2) is 9.97 Å². The number of aromatic nitrogens is 2. The van der Waals surface area contributed by atoms with E-state index in [4.69, 9.17) is 15.5 Å². The number of hydrogen-bond donors (Lipinski definition) is 1. The number of piperidine rings is 1. The van der Waals surface area contributed by atoms with Crippen molar-refractivity contribution in [3.05, 3.63) is 42.2 Å². The highest BCUT2D eigenvalue weighted by molar-refractivity contribution is 7.99. The molecule has 1 aromatic carbocycles. The van der Waals surface area contributed by atoms with Crippen molar-refractivity contribution in [3.8, 4) is 5.75 Å². The molecular formula is C22H26N4OS. The molecule has 2 N–H and O–H groups in total. The van der Waals surface area contributed by atoms with E-state index in [1.54, 1.807) is 0 Å². The van der Waals surface area contributed by atoms with Gasteiger partial charge in [-0.1, -0.05) is 18.2 Å². The van der Waals surface area contributed by atoms with Gasteiger partial charge in [0, 0.05) is 36.2 Å². The molecule has 1 aliphatic carbocycles. The number of benzene rings is 1. The Kier molecular flexibility index (Phi) is 3.88. The van der Waals surface area contributed by atoms with E-state index >= 15 is 0 Å². The molecule has 6 heteroatoms. The van der Waals surface area contributed by atoms with Crippen molar-refractivity contribution in [3.63, 3.8) is 0 Å². The van der Waals surface area contributed by atoms with Gasteiger partial charge in [0.1, 0.15) is 22.2 Å². The van der Waals surface area contributed by atoms with Gasteiger partial charge in [0.15, 0.2) is 0 Å². The second kappa shape index (κ2) is 6.36. The third kappa shape index (κ3) is 2.72. The Labute approximate surface area is 170 Å². The number of para-hydroxylation sites is 1. The molecule has 0 unspecified atom stereocenters. The van der Waals surface area contributed by atoms with E-state index in [9.17, 15) is 0 Å². The van der Waals surface area contributed by atoms with E-state index in [-0.39, 0.29) is 11.6 Å². The van der Waals surface area contributed by atoms with Crippen molar-refractivity contribution in [1.29, 1.82) is 0 Å².